The summed E-state index contributed by atoms with van der Waals surface area (Å²) in [5.74, 6) is 1.42. The molecule has 0 aromatic heterocycles. The SMILES string of the molecule is COc1ccc2c3c1O[C@@]1(Cc4ccccc4)C(=O)C=C[C@@]4(OC)[C@@H](C2)N(C)CC[C@]314.Cl. The van der Waals surface area contributed by atoms with E-state index in [1.165, 1.54) is 5.56 Å². The third-order valence-electron chi connectivity index (χ3n) is 8.28. The van der Waals surface area contributed by atoms with Crippen LogP contribution >= 0.6 is 12.4 Å². The van der Waals surface area contributed by atoms with Gasteiger partial charge in [0.25, 0.3) is 0 Å². The molecule has 1 fully saturated rings. The molecule has 2 heterocycles. The van der Waals surface area contributed by atoms with Gasteiger partial charge in [-0.3, -0.25) is 9.69 Å². The van der Waals surface area contributed by atoms with Crippen LogP contribution in [-0.2, 0) is 27.8 Å². The third-order valence-corrected chi connectivity index (χ3v) is 8.28. The van der Waals surface area contributed by atoms with Gasteiger partial charge in [0.1, 0.15) is 5.60 Å². The molecule has 6 heteroatoms. The maximum atomic E-state index is 13.9. The number of carbonyl (C=O) groups is 1. The molecule has 1 spiro atoms. The minimum Gasteiger partial charge on any atom is -0.493 e. The molecular formula is C26H28ClNO4. The summed E-state index contributed by atoms with van der Waals surface area (Å²) in [6.07, 6.45) is 5.86. The highest BCUT2D eigenvalue weighted by Crippen LogP contribution is 2.68. The van der Waals surface area contributed by atoms with Crippen LogP contribution in [0.15, 0.2) is 54.6 Å². The average Bonchev–Trinajstić information content (AvgIpc) is 3.09. The minimum absolute atomic E-state index is 0. The van der Waals surface area contributed by atoms with Gasteiger partial charge in [-0.15, -0.1) is 12.4 Å². The lowest BCUT2D eigenvalue weighted by molar-refractivity contribution is -0.186. The van der Waals surface area contributed by atoms with Gasteiger partial charge in [-0.1, -0.05) is 36.4 Å². The van der Waals surface area contributed by atoms with E-state index in [1.54, 1.807) is 20.3 Å². The molecule has 32 heavy (non-hydrogen) atoms. The van der Waals surface area contributed by atoms with Crippen LogP contribution in [0.25, 0.3) is 0 Å². The molecule has 2 aliphatic heterocycles. The van der Waals surface area contributed by atoms with Crippen LogP contribution in [0.2, 0.25) is 0 Å². The lowest BCUT2D eigenvalue weighted by Gasteiger charge is -2.64. The van der Waals surface area contributed by atoms with Gasteiger partial charge in [-0.25, -0.2) is 0 Å². The van der Waals surface area contributed by atoms with Crippen LogP contribution in [-0.4, -0.2) is 55.7 Å². The van der Waals surface area contributed by atoms with E-state index >= 15 is 0 Å². The van der Waals surface area contributed by atoms with E-state index in [1.807, 2.05) is 30.3 Å². The lowest BCUT2D eigenvalue weighted by atomic mass is 9.45. The Kier molecular flexibility index (Phi) is 4.76. The summed E-state index contributed by atoms with van der Waals surface area (Å²) >= 11 is 0. The zero-order valence-corrected chi connectivity index (χ0v) is 19.4. The number of halogens is 1. The Bertz CT molecular complexity index is 1120. The molecule has 2 aliphatic carbocycles. The Morgan fingerprint density at radius 1 is 1.16 bits per heavy atom. The fraction of sp³-hybridized carbons (Fsp3) is 0.423. The van der Waals surface area contributed by atoms with Crippen LogP contribution in [0.3, 0.4) is 0 Å². The van der Waals surface area contributed by atoms with E-state index in [0.717, 1.165) is 36.3 Å². The van der Waals surface area contributed by atoms with Crippen molar-refractivity contribution < 1.29 is 19.0 Å². The van der Waals surface area contributed by atoms with Gasteiger partial charge in [0, 0.05) is 25.1 Å². The highest BCUT2D eigenvalue weighted by Gasteiger charge is 2.78. The van der Waals surface area contributed by atoms with Crippen LogP contribution in [0.4, 0.5) is 0 Å². The third kappa shape index (κ3) is 2.24. The molecule has 1 saturated heterocycles. The second-order valence-corrected chi connectivity index (χ2v) is 9.27. The van der Waals surface area contributed by atoms with E-state index in [2.05, 4.69) is 30.1 Å². The maximum Gasteiger partial charge on any atom is 0.200 e. The standard InChI is InChI=1S/C26H27NO4.ClH/c1-27-14-13-24-22-18-9-10-19(29-2)23(22)31-26(24,16-17-7-5-4-6-8-17)21(28)11-12-25(24,30-3)20(27)15-18;/h4-12,20H,13-16H2,1-3H3;1H/t20-,24-,25-,26+;/m1./s1. The van der Waals surface area contributed by atoms with E-state index < -0.39 is 16.6 Å². The smallest absolute Gasteiger partial charge is 0.200 e. The van der Waals surface area contributed by atoms with E-state index in [4.69, 9.17) is 14.2 Å². The summed E-state index contributed by atoms with van der Waals surface area (Å²) < 4.78 is 19.0. The number of ketones is 1. The van der Waals surface area contributed by atoms with Gasteiger partial charge in [-0.2, -0.15) is 0 Å². The summed E-state index contributed by atoms with van der Waals surface area (Å²) in [6, 6.07) is 14.4. The first-order valence-electron chi connectivity index (χ1n) is 11.0. The number of benzene rings is 2. The van der Waals surface area contributed by atoms with Crippen molar-refractivity contribution in [2.45, 2.75) is 41.9 Å². The first-order valence-corrected chi connectivity index (χ1v) is 11.0. The Morgan fingerprint density at radius 2 is 1.94 bits per heavy atom. The quantitative estimate of drug-likeness (QED) is 0.709. The van der Waals surface area contributed by atoms with Gasteiger partial charge in [0.15, 0.2) is 22.9 Å². The normalized spacial score (nSPS) is 33.8. The van der Waals surface area contributed by atoms with Crippen LogP contribution in [0.1, 0.15) is 23.1 Å². The summed E-state index contributed by atoms with van der Waals surface area (Å²) in [5, 5.41) is 0. The Morgan fingerprint density at radius 3 is 2.66 bits per heavy atom. The van der Waals surface area contributed by atoms with Crippen LogP contribution in [0.5, 0.6) is 11.5 Å². The molecular weight excluding hydrogens is 426 g/mol. The van der Waals surface area contributed by atoms with Gasteiger partial charge in [-0.05, 0) is 55.8 Å². The van der Waals surface area contributed by atoms with Crippen LogP contribution in [0, 0.1) is 0 Å². The number of nitrogens with zero attached hydrogens (tertiary/aromatic N) is 1. The van der Waals surface area contributed by atoms with Gasteiger partial charge in [0.05, 0.1) is 12.5 Å². The van der Waals surface area contributed by atoms with Crippen molar-refractivity contribution in [2.24, 2.45) is 0 Å². The Hall–Kier alpha value is -2.34. The molecule has 2 bridgehead atoms. The van der Waals surface area contributed by atoms with Crippen molar-refractivity contribution in [3.63, 3.8) is 0 Å². The molecule has 2 aromatic rings. The van der Waals surface area contributed by atoms with Gasteiger partial charge >= 0.3 is 0 Å². The monoisotopic (exact) mass is 453 g/mol. The molecule has 0 unspecified atom stereocenters. The zero-order valence-electron chi connectivity index (χ0n) is 18.6. The zero-order chi connectivity index (χ0) is 21.4. The summed E-state index contributed by atoms with van der Waals surface area (Å²) in [6.45, 7) is 0.882. The molecule has 0 radical (unpaired) electrons. The predicted octanol–water partition coefficient (Wildman–Crippen LogP) is 3.51. The average molecular weight is 454 g/mol. The lowest BCUT2D eigenvalue weighted by Crippen LogP contribution is -2.79. The first kappa shape index (κ1) is 21.5. The largest absolute Gasteiger partial charge is 0.493 e. The number of hydrogen-bond acceptors (Lipinski definition) is 5. The second-order valence-electron chi connectivity index (χ2n) is 9.27. The van der Waals surface area contributed by atoms with Crippen molar-refractivity contribution in [3.05, 3.63) is 71.3 Å². The number of ether oxygens (including phenoxy) is 3. The van der Waals surface area contributed by atoms with Crippen molar-refractivity contribution in [3.8, 4) is 11.5 Å². The van der Waals surface area contributed by atoms with Crippen molar-refractivity contribution >= 4 is 18.2 Å². The van der Waals surface area contributed by atoms with E-state index in [9.17, 15) is 4.79 Å². The van der Waals surface area contributed by atoms with Crippen molar-refractivity contribution in [2.75, 3.05) is 27.8 Å². The maximum absolute atomic E-state index is 13.9. The molecule has 4 atom stereocenters. The molecule has 5 nitrogen and oxygen atoms in total. The molecule has 2 aromatic carbocycles. The molecule has 0 saturated carbocycles. The number of rotatable bonds is 4. The molecule has 6 rings (SSSR count). The summed E-state index contributed by atoms with van der Waals surface area (Å²) in [5.41, 5.74) is 1.12. The molecule has 168 valence electrons. The second kappa shape index (κ2) is 7.08. The number of likely N-dealkylation sites (N-methyl/N-ethyl adjacent to an activating group) is 1. The number of hydrogen-bond donors (Lipinski definition) is 0. The first-order chi connectivity index (χ1) is 15.0. The summed E-state index contributed by atoms with van der Waals surface area (Å²) in [7, 11) is 5.60. The number of carbonyl (C=O) groups excluding carboxylic acids is 1. The Labute approximate surface area is 194 Å². The van der Waals surface area contributed by atoms with Gasteiger partial charge < -0.3 is 14.2 Å². The minimum atomic E-state index is -1.06. The highest BCUT2D eigenvalue weighted by molar-refractivity contribution is 6.03. The topological polar surface area (TPSA) is 48.0 Å². The van der Waals surface area contributed by atoms with E-state index in [-0.39, 0.29) is 24.2 Å². The number of likely N-dealkylation sites (tertiary alicyclic amines) is 1. The molecule has 4 aliphatic rings. The predicted molar refractivity (Wildman–Crippen MR) is 124 cm³/mol. The fourth-order valence-electron chi connectivity index (χ4n) is 7.01. The summed E-state index contributed by atoms with van der Waals surface area (Å²) in [4.78, 5) is 16.2. The van der Waals surface area contributed by atoms with E-state index in [0.29, 0.717) is 12.2 Å². The highest BCUT2D eigenvalue weighted by atomic mass is 35.5. The van der Waals surface area contributed by atoms with Crippen LogP contribution < -0.4 is 9.47 Å². The fourth-order valence-corrected chi connectivity index (χ4v) is 7.01. The van der Waals surface area contributed by atoms with Gasteiger partial charge in [0.2, 0.25) is 0 Å². The van der Waals surface area contributed by atoms with Crippen molar-refractivity contribution in [1.29, 1.82) is 0 Å². The Balaban J connectivity index is 0.00000216. The molecule has 0 amide bonds. The number of piperidine rings is 1. The molecule has 0 N–H and O–H groups in total. The van der Waals surface area contributed by atoms with Crippen molar-refractivity contribution in [1.82, 2.24) is 4.90 Å². The number of methoxy groups -OCH3 is 2.